The highest BCUT2D eigenvalue weighted by Crippen LogP contribution is 2.54. The first-order chi connectivity index (χ1) is 27.8. The summed E-state index contributed by atoms with van der Waals surface area (Å²) >= 11 is 0. The number of ether oxygens (including phenoxy) is 5. The molecule has 0 spiro atoms. The van der Waals surface area contributed by atoms with Crippen molar-refractivity contribution in [2.75, 3.05) is 32.1 Å². The van der Waals surface area contributed by atoms with E-state index in [1.165, 1.54) is 59.3 Å². The molecule has 4 aliphatic heterocycles. The zero-order valence-electron chi connectivity index (χ0n) is 35.2. The van der Waals surface area contributed by atoms with Gasteiger partial charge < -0.3 is 54.3 Å². The molecule has 9 atom stereocenters. The lowest BCUT2D eigenvalue weighted by Gasteiger charge is -2.38. The zero-order valence-corrected chi connectivity index (χ0v) is 35.2. The van der Waals surface area contributed by atoms with Crippen LogP contribution in [0.5, 0.6) is 23.0 Å². The molecule has 0 aliphatic carbocycles. The highest BCUT2D eigenvalue weighted by molar-refractivity contribution is 6.21. The Kier molecular flexibility index (Phi) is 14.0. The number of phenols is 2. The fraction of sp³-hybridized carbons (Fsp3) is 0.545. The van der Waals surface area contributed by atoms with Crippen molar-refractivity contribution < 1.29 is 63.3 Å². The number of methoxy groups -OCH3 is 1. The summed E-state index contributed by atoms with van der Waals surface area (Å²) in [7, 11) is 1.44. The number of allylic oxidation sites excluding steroid dienone is 2. The topological polar surface area (TPSA) is 211 Å². The van der Waals surface area contributed by atoms with Crippen molar-refractivity contribution in [3.05, 3.63) is 53.3 Å². The summed E-state index contributed by atoms with van der Waals surface area (Å²) in [6.45, 7) is 13.3. The third-order valence-electron chi connectivity index (χ3n) is 11.9. The van der Waals surface area contributed by atoms with Crippen LogP contribution in [0.25, 0.3) is 10.8 Å². The number of Topliss-reactive ketones (excluding diaryl/α,β-unsaturated/α-hetero) is 1. The Balaban J connectivity index is 1.66. The van der Waals surface area contributed by atoms with Gasteiger partial charge >= 0.3 is 11.8 Å². The molecule has 15 nitrogen and oxygen atoms in total. The van der Waals surface area contributed by atoms with E-state index in [9.17, 15) is 39.6 Å². The molecule has 0 aromatic heterocycles. The second-order valence-electron chi connectivity index (χ2n) is 16.1. The monoisotopic (exact) mass is 822 g/mol. The number of anilines is 1. The number of phenolic OH excluding ortho intramolecular Hbond substituents is 2. The lowest BCUT2D eigenvalue weighted by atomic mass is 9.78. The molecule has 5 bridgehead atoms. The molecule has 322 valence electrons. The predicted molar refractivity (Wildman–Crippen MR) is 218 cm³/mol. The van der Waals surface area contributed by atoms with Crippen LogP contribution >= 0.6 is 0 Å². The Hall–Kier alpha value is -5.12. The number of likely N-dealkylation sites (tertiary alicyclic amines) is 1. The first kappa shape index (κ1) is 45.0. The Morgan fingerprint density at radius 1 is 0.949 bits per heavy atom. The highest BCUT2D eigenvalue weighted by atomic mass is 16.7. The standard InChI is InChI=1S/C44H58N2O13/c1-22-14-13-15-23(2)43(54)45-29-20-31(56-21-32(48)46-17-11-10-12-18-46)33-34(39(29)52)38(51)27(6)41-35(33)42(53)44(8,59-41)57-19-16-30(55-9)24(3)40(58-28(7)47)26(5)37(50)25(4)36(22)49/h13-16,19-20,22,24-26,30,36-37,40,49-52H,10-12,17-18,21H2,1-9H3,(H,45,54)/b14-13+,19-16+,23-15-/t22-,24+,25+,26+,30-,36-,37+,40+,44-/m0/s1. The van der Waals surface area contributed by atoms with Crippen molar-refractivity contribution in [1.29, 1.82) is 0 Å². The van der Waals surface area contributed by atoms with E-state index < -0.39 is 89.6 Å². The first-order valence-corrected chi connectivity index (χ1v) is 20.1. The number of fused-ring (bicyclic) bond motifs is 14. The van der Waals surface area contributed by atoms with Crippen molar-refractivity contribution in [3.63, 3.8) is 0 Å². The lowest BCUT2D eigenvalue weighted by Crippen LogP contribution is -2.46. The summed E-state index contributed by atoms with van der Waals surface area (Å²) in [6, 6.07) is 1.29. The minimum atomic E-state index is -2.01. The number of hydrogen-bond donors (Lipinski definition) is 5. The SMILES string of the molecule is CO[C@H]1/C=C/O[C@@]2(C)Oc3c(C)c(O)c4c(O)c(cc(OCC(=O)N5CCCCC5)c4c3C2=O)NC(=O)/C(C)=C\C=C\[C@H](C)[C@H](O)[C@@H](C)[C@@H](O)[C@@H](C)[C@H](OC(C)=O)[C@@H]1C. The van der Waals surface area contributed by atoms with Gasteiger partial charge in [-0.05, 0) is 39.2 Å². The van der Waals surface area contributed by atoms with Crippen molar-refractivity contribution in [1.82, 2.24) is 4.90 Å². The molecule has 0 unspecified atom stereocenters. The van der Waals surface area contributed by atoms with Crippen LogP contribution in [0, 0.1) is 30.6 Å². The fourth-order valence-electron chi connectivity index (χ4n) is 8.12. The minimum Gasteiger partial charge on any atom is -0.507 e. The average Bonchev–Trinajstić information content (AvgIpc) is 3.48. The Labute approximate surface area is 344 Å². The number of piperidine rings is 1. The maximum Gasteiger partial charge on any atom is 0.312 e. The van der Waals surface area contributed by atoms with Gasteiger partial charge in [0.2, 0.25) is 0 Å². The molecule has 4 heterocycles. The number of amides is 2. The van der Waals surface area contributed by atoms with Gasteiger partial charge in [-0.3, -0.25) is 19.2 Å². The van der Waals surface area contributed by atoms with E-state index in [-0.39, 0.29) is 50.6 Å². The molecular formula is C44H58N2O13. The van der Waals surface area contributed by atoms with E-state index in [0.29, 0.717) is 13.1 Å². The molecule has 1 fully saturated rings. The number of rotatable bonds is 5. The summed E-state index contributed by atoms with van der Waals surface area (Å²) in [4.78, 5) is 55.4. The molecule has 4 aliphatic rings. The smallest absolute Gasteiger partial charge is 0.312 e. The zero-order chi connectivity index (χ0) is 43.5. The average molecular weight is 823 g/mol. The van der Waals surface area contributed by atoms with E-state index in [0.717, 1.165) is 19.3 Å². The quantitative estimate of drug-likeness (QED) is 0.188. The van der Waals surface area contributed by atoms with Crippen LogP contribution in [0.15, 0.2) is 42.2 Å². The second-order valence-corrected chi connectivity index (χ2v) is 16.1. The molecule has 59 heavy (non-hydrogen) atoms. The fourth-order valence-corrected chi connectivity index (χ4v) is 8.12. The van der Waals surface area contributed by atoms with Gasteiger partial charge in [-0.2, -0.15) is 0 Å². The third kappa shape index (κ3) is 9.22. The number of nitrogens with one attached hydrogen (secondary N) is 1. The maximum absolute atomic E-state index is 14.5. The van der Waals surface area contributed by atoms with E-state index in [1.54, 1.807) is 44.7 Å². The van der Waals surface area contributed by atoms with Gasteiger partial charge in [-0.1, -0.05) is 45.9 Å². The molecule has 0 saturated carbocycles. The van der Waals surface area contributed by atoms with Crippen LogP contribution in [0.4, 0.5) is 5.69 Å². The largest absolute Gasteiger partial charge is 0.507 e. The molecule has 15 heteroatoms. The first-order valence-electron chi connectivity index (χ1n) is 20.1. The van der Waals surface area contributed by atoms with Gasteiger partial charge in [0.25, 0.3) is 17.6 Å². The van der Waals surface area contributed by atoms with Crippen molar-refractivity contribution in [2.45, 2.75) is 105 Å². The molecule has 6 rings (SSSR count). The normalized spacial score (nSPS) is 31.4. The molecule has 5 N–H and O–H groups in total. The maximum atomic E-state index is 14.5. The van der Waals surface area contributed by atoms with E-state index in [1.807, 2.05) is 0 Å². The number of aromatic hydroxyl groups is 2. The number of carbonyl (C=O) groups excluding carboxylic acids is 4. The molecule has 2 aromatic rings. The molecule has 2 amide bonds. The third-order valence-corrected chi connectivity index (χ3v) is 11.9. The van der Waals surface area contributed by atoms with Crippen LogP contribution in [0.1, 0.15) is 83.7 Å². The summed E-state index contributed by atoms with van der Waals surface area (Å²) < 4.78 is 29.8. The Morgan fingerprint density at radius 3 is 2.27 bits per heavy atom. The van der Waals surface area contributed by atoms with Crippen molar-refractivity contribution >= 4 is 40.0 Å². The Bertz CT molecular complexity index is 2040. The van der Waals surface area contributed by atoms with Crippen molar-refractivity contribution in [2.24, 2.45) is 23.7 Å². The van der Waals surface area contributed by atoms with E-state index in [4.69, 9.17) is 23.7 Å². The van der Waals surface area contributed by atoms with Crippen molar-refractivity contribution in [3.8, 4) is 23.0 Å². The number of carbonyl (C=O) groups is 4. The number of aliphatic hydroxyl groups is 2. The highest BCUT2D eigenvalue weighted by Gasteiger charge is 2.50. The molecule has 2 aromatic carbocycles. The minimum absolute atomic E-state index is 0.0460. The summed E-state index contributed by atoms with van der Waals surface area (Å²) in [6.07, 6.45) is 6.35. The van der Waals surface area contributed by atoms with Crippen LogP contribution in [-0.2, 0) is 28.6 Å². The number of ketones is 1. The van der Waals surface area contributed by atoms with Crippen LogP contribution in [0.2, 0.25) is 0 Å². The van der Waals surface area contributed by atoms with Gasteiger partial charge in [-0.15, -0.1) is 0 Å². The van der Waals surface area contributed by atoms with Crippen LogP contribution < -0.4 is 14.8 Å². The van der Waals surface area contributed by atoms with E-state index >= 15 is 0 Å². The summed E-state index contributed by atoms with van der Waals surface area (Å²) in [5, 5.41) is 48.5. The van der Waals surface area contributed by atoms with E-state index in [2.05, 4.69) is 5.32 Å². The number of esters is 1. The van der Waals surface area contributed by atoms with Gasteiger partial charge in [0.1, 0.15) is 23.4 Å². The van der Waals surface area contributed by atoms with Gasteiger partial charge in [-0.25, -0.2) is 0 Å². The lowest BCUT2D eigenvalue weighted by molar-refractivity contribution is -0.160. The van der Waals surface area contributed by atoms with Crippen LogP contribution in [0.3, 0.4) is 0 Å². The second kappa shape index (κ2) is 18.4. The number of benzene rings is 2. The molecule has 0 radical (unpaired) electrons. The number of hydrogen-bond acceptors (Lipinski definition) is 13. The van der Waals surface area contributed by atoms with Crippen LogP contribution in [-0.4, -0.2) is 106 Å². The van der Waals surface area contributed by atoms with Gasteiger partial charge in [0, 0.05) is 80.3 Å². The molecular weight excluding hydrogens is 764 g/mol. The van der Waals surface area contributed by atoms with Gasteiger partial charge in [0.15, 0.2) is 12.4 Å². The number of aliphatic hydroxyl groups excluding tert-OH is 2. The Morgan fingerprint density at radius 2 is 1.63 bits per heavy atom. The number of nitrogens with zero attached hydrogens (tertiary/aromatic N) is 1. The predicted octanol–water partition coefficient (Wildman–Crippen LogP) is 5.44. The summed E-state index contributed by atoms with van der Waals surface area (Å²) in [5.41, 5.74) is 0.0368. The molecule has 1 saturated heterocycles. The van der Waals surface area contributed by atoms with Gasteiger partial charge in [0.05, 0.1) is 41.2 Å². The summed E-state index contributed by atoms with van der Waals surface area (Å²) in [5.74, 6) is -7.84.